The Labute approximate surface area is 457 Å². The van der Waals surface area contributed by atoms with Crippen molar-refractivity contribution in [1.82, 2.24) is 0 Å². The fourth-order valence-corrected chi connectivity index (χ4v) is 15.9. The Balaban J connectivity index is 0.951. The maximum atomic E-state index is 12.7. The first-order valence-electron chi connectivity index (χ1n) is 28.4. The van der Waals surface area contributed by atoms with Crippen molar-refractivity contribution in [2.75, 3.05) is 26.4 Å². The number of hydrogen-bond acceptors (Lipinski definition) is 23. The minimum absolute atomic E-state index is 0.0246. The highest BCUT2D eigenvalue weighted by atomic mass is 16.8. The summed E-state index contributed by atoms with van der Waals surface area (Å²) in [6.45, 7) is 15.1. The van der Waals surface area contributed by atoms with Gasteiger partial charge < -0.3 is 114 Å². The normalized spacial score (nSPS) is 51.4. The van der Waals surface area contributed by atoms with Gasteiger partial charge in [0.05, 0.1) is 56.4 Å². The first-order chi connectivity index (χ1) is 36.5. The Morgan fingerprint density at radius 3 is 1.71 bits per heavy atom. The Morgan fingerprint density at radius 1 is 0.590 bits per heavy atom. The summed E-state index contributed by atoms with van der Waals surface area (Å²) in [6, 6.07) is 0. The molecule has 7 fully saturated rings. The summed E-state index contributed by atoms with van der Waals surface area (Å²) in [5.74, 6) is -0.508. The van der Waals surface area contributed by atoms with Crippen LogP contribution in [-0.4, -0.2) is 244 Å². The van der Waals surface area contributed by atoms with E-state index in [0.29, 0.717) is 25.7 Å². The molecule has 4 heterocycles. The van der Waals surface area contributed by atoms with Crippen molar-refractivity contribution in [3.8, 4) is 0 Å². The molecule has 0 spiro atoms. The van der Waals surface area contributed by atoms with Crippen LogP contribution in [0, 0.1) is 51.2 Å². The molecule has 30 atom stereocenters. The molecule has 0 radical (unpaired) electrons. The fraction of sp³-hybridized carbons (Fsp3) is 0.964. The number of aliphatic hydroxyl groups excluding tert-OH is 14. The van der Waals surface area contributed by atoms with Gasteiger partial charge in [-0.3, -0.25) is 0 Å². The van der Waals surface area contributed by atoms with Crippen molar-refractivity contribution in [3.63, 3.8) is 0 Å². The van der Waals surface area contributed by atoms with Gasteiger partial charge in [0.25, 0.3) is 0 Å². The molecule has 3 saturated carbocycles. The molecule has 0 aromatic carbocycles. The number of hydrogen-bond donors (Lipinski definition) is 15. The molecular formula is C55H94O23. The summed E-state index contributed by atoms with van der Waals surface area (Å²) in [7, 11) is 0. The Morgan fingerprint density at radius 2 is 1.10 bits per heavy atom. The molecule has 0 aromatic rings. The van der Waals surface area contributed by atoms with Crippen LogP contribution >= 0.6 is 0 Å². The second-order valence-electron chi connectivity index (χ2n) is 26.2. The smallest absolute Gasteiger partial charge is 0.187 e. The molecule has 8 rings (SSSR count). The van der Waals surface area contributed by atoms with E-state index >= 15 is 0 Å². The molecule has 4 saturated heterocycles. The van der Waals surface area contributed by atoms with Crippen LogP contribution in [0.2, 0.25) is 0 Å². The lowest BCUT2D eigenvalue weighted by Gasteiger charge is -2.67. The number of fused-ring (bicyclic) bond motifs is 5. The fourth-order valence-electron chi connectivity index (χ4n) is 15.9. The van der Waals surface area contributed by atoms with E-state index in [-0.39, 0.29) is 40.9 Å². The van der Waals surface area contributed by atoms with Gasteiger partial charge in [0.15, 0.2) is 25.2 Å². The van der Waals surface area contributed by atoms with Gasteiger partial charge in [-0.2, -0.15) is 0 Å². The second-order valence-corrected chi connectivity index (χ2v) is 26.2. The van der Waals surface area contributed by atoms with E-state index in [2.05, 4.69) is 47.6 Å². The standard InChI is InChI=1S/C55H94O23/c1-23(25-16-17-53(7)32-13-11-26-27(55(32,9)33(60)18-54(25,53)8)12-15-34(51(26,3)4)75-48-43(68)40(65)38(63)29(20-57)72-48)10-14-35(52(5,6)70)76-50-46(41(66)39(64)30(21-58)73-50)78-49-44(69)42(67)45(31(22-59)74-49)77-47-37(62)24(2)36(61)28(19-56)71-47/h11,23-25,27-50,56-70H,10,12-22H2,1-9H3/t23-,24-,25?,27?,28+,29-,30-,31+,32?,33-,34+,35-,36-,37+,38-,39-,40+,41+,42+,43-,44+,45+,46-,47?,48+,49-,50+,53+,54-,55+/m1/s1. The molecule has 23 nitrogen and oxygen atoms in total. The summed E-state index contributed by atoms with van der Waals surface area (Å²) in [4.78, 5) is 0. The molecule has 15 N–H and O–H groups in total. The van der Waals surface area contributed by atoms with Crippen molar-refractivity contribution in [3.05, 3.63) is 11.6 Å². The highest BCUT2D eigenvalue weighted by molar-refractivity contribution is 5.32. The van der Waals surface area contributed by atoms with E-state index in [9.17, 15) is 76.6 Å². The van der Waals surface area contributed by atoms with Crippen LogP contribution < -0.4 is 0 Å². The first kappa shape index (κ1) is 62.9. The zero-order chi connectivity index (χ0) is 57.5. The van der Waals surface area contributed by atoms with Crippen LogP contribution in [-0.2, 0) is 37.9 Å². The summed E-state index contributed by atoms with van der Waals surface area (Å²) in [6.07, 6.45) is -23.9. The van der Waals surface area contributed by atoms with Crippen LogP contribution in [0.4, 0.5) is 0 Å². The lowest BCUT2D eigenvalue weighted by molar-refractivity contribution is -0.388. The average molecular weight is 1120 g/mol. The molecule has 0 amide bonds. The topological polar surface area (TPSA) is 377 Å². The Kier molecular flexibility index (Phi) is 19.1. The van der Waals surface area contributed by atoms with Crippen molar-refractivity contribution in [1.29, 1.82) is 0 Å². The van der Waals surface area contributed by atoms with Gasteiger partial charge in [-0.15, -0.1) is 0 Å². The third-order valence-corrected chi connectivity index (χ3v) is 21.2. The van der Waals surface area contributed by atoms with E-state index in [1.54, 1.807) is 13.8 Å². The average Bonchev–Trinajstić information content (AvgIpc) is 3.66. The maximum Gasteiger partial charge on any atom is 0.187 e. The molecule has 4 aliphatic heterocycles. The van der Waals surface area contributed by atoms with E-state index in [0.717, 1.165) is 19.3 Å². The highest BCUT2D eigenvalue weighted by Gasteiger charge is 2.70. The van der Waals surface area contributed by atoms with Crippen LogP contribution in [0.1, 0.15) is 114 Å². The number of allylic oxidation sites excluding steroid dienone is 1. The van der Waals surface area contributed by atoms with Crippen LogP contribution in [0.3, 0.4) is 0 Å². The van der Waals surface area contributed by atoms with Crippen LogP contribution in [0.5, 0.6) is 0 Å². The summed E-state index contributed by atoms with van der Waals surface area (Å²) in [5.41, 5.74) is -1.91. The van der Waals surface area contributed by atoms with E-state index in [4.69, 9.17) is 37.9 Å². The van der Waals surface area contributed by atoms with Crippen LogP contribution in [0.25, 0.3) is 0 Å². The molecular weight excluding hydrogens is 1030 g/mol. The molecule has 0 aromatic heterocycles. The molecule has 452 valence electrons. The number of rotatable bonds is 17. The summed E-state index contributed by atoms with van der Waals surface area (Å²) in [5, 5.41) is 163. The number of aliphatic hydroxyl groups is 15. The largest absolute Gasteiger partial charge is 0.394 e. The first-order valence-corrected chi connectivity index (χ1v) is 28.4. The minimum Gasteiger partial charge on any atom is -0.394 e. The predicted octanol–water partition coefficient (Wildman–Crippen LogP) is -1.96. The van der Waals surface area contributed by atoms with Gasteiger partial charge in [-0.1, -0.05) is 60.1 Å². The Hall–Kier alpha value is -1.18. The lowest BCUT2D eigenvalue weighted by atomic mass is 9.38. The van der Waals surface area contributed by atoms with Gasteiger partial charge >= 0.3 is 0 Å². The van der Waals surface area contributed by atoms with Crippen molar-refractivity contribution < 1.29 is 114 Å². The van der Waals surface area contributed by atoms with Gasteiger partial charge in [0.2, 0.25) is 0 Å². The van der Waals surface area contributed by atoms with Gasteiger partial charge in [0.1, 0.15) is 85.5 Å². The van der Waals surface area contributed by atoms with Crippen molar-refractivity contribution in [2.45, 2.75) is 254 Å². The monoisotopic (exact) mass is 1120 g/mol. The van der Waals surface area contributed by atoms with Gasteiger partial charge in [-0.25, -0.2) is 0 Å². The zero-order valence-corrected chi connectivity index (χ0v) is 46.6. The van der Waals surface area contributed by atoms with Crippen molar-refractivity contribution >= 4 is 0 Å². The molecule has 8 aliphatic rings. The third kappa shape index (κ3) is 10.9. The molecule has 4 unspecified atom stereocenters. The lowest BCUT2D eigenvalue weighted by Crippen LogP contribution is -2.66. The van der Waals surface area contributed by atoms with Crippen molar-refractivity contribution in [2.24, 2.45) is 51.2 Å². The van der Waals surface area contributed by atoms with Gasteiger partial charge in [0, 0.05) is 16.7 Å². The zero-order valence-electron chi connectivity index (χ0n) is 46.6. The molecule has 78 heavy (non-hydrogen) atoms. The predicted molar refractivity (Wildman–Crippen MR) is 271 cm³/mol. The number of ether oxygens (including phenoxy) is 8. The molecule has 4 aliphatic carbocycles. The van der Waals surface area contributed by atoms with Crippen LogP contribution in [0.15, 0.2) is 11.6 Å². The van der Waals surface area contributed by atoms with E-state index in [1.165, 1.54) is 12.5 Å². The second kappa shape index (κ2) is 23.7. The van der Waals surface area contributed by atoms with E-state index < -0.39 is 184 Å². The minimum atomic E-state index is -1.96. The maximum absolute atomic E-state index is 12.7. The SMILES string of the molecule is C[C@@H]1[C@@H](O)[C@H](CO)OC(O[C@@H]2[C@@H](O)[C@H](O)[C@@H](O[C@H]3[C@H](O[C@H](CC[C@@H](C)C4CC[C@@]5(C)C6CC=C7C(CC[C@H](O[C@@H]8O[C@H](CO)[C@@H](O)[C@H](O)[C@H]8O)C7(C)C)[C@]6(C)[C@H](O)C[C@]45C)C(C)(C)O)O[C@H](CO)[C@@H](O)[C@@H]3O)O[C@H]2CO)[C@H]1O. The highest BCUT2D eigenvalue weighted by Crippen LogP contribution is 2.75. The molecule has 0 bridgehead atoms. The van der Waals surface area contributed by atoms with E-state index in [1.807, 2.05) is 0 Å². The summed E-state index contributed by atoms with van der Waals surface area (Å²) >= 11 is 0. The third-order valence-electron chi connectivity index (χ3n) is 21.2. The quantitative estimate of drug-likeness (QED) is 0.0704. The van der Waals surface area contributed by atoms with Gasteiger partial charge in [-0.05, 0) is 99.7 Å². The molecule has 23 heteroatoms. The Bertz CT molecular complexity index is 2020. The summed E-state index contributed by atoms with van der Waals surface area (Å²) < 4.78 is 48.1.